The number of hydrogen-bond donors (Lipinski definition) is 0. The molecule has 0 aliphatic rings. The van der Waals surface area contributed by atoms with Crippen molar-refractivity contribution in [3.05, 3.63) is 29.6 Å². The van der Waals surface area contributed by atoms with Gasteiger partial charge in [-0.15, -0.1) is 0 Å². The van der Waals surface area contributed by atoms with Crippen molar-refractivity contribution in [3.63, 3.8) is 0 Å². The summed E-state index contributed by atoms with van der Waals surface area (Å²) in [4.78, 5) is 0. The van der Waals surface area contributed by atoms with Gasteiger partial charge in [0.1, 0.15) is 6.54 Å². The van der Waals surface area contributed by atoms with Gasteiger partial charge in [0.15, 0.2) is 12.4 Å². The molecule has 1 heterocycles. The lowest BCUT2D eigenvalue weighted by Crippen LogP contribution is -3.00. The van der Waals surface area contributed by atoms with Crippen molar-refractivity contribution < 1.29 is 17.0 Å². The van der Waals surface area contributed by atoms with Gasteiger partial charge in [-0.1, -0.05) is 84.0 Å². The number of halogens is 1. The number of rotatable bonds is 15. The third-order valence-electron chi connectivity index (χ3n) is 5.27. The predicted octanol–water partition coefficient (Wildman–Crippen LogP) is 4.08. The molecule has 0 N–H and O–H groups in total. The fourth-order valence-corrected chi connectivity index (χ4v) is 3.36. The van der Waals surface area contributed by atoms with Gasteiger partial charge in [0.25, 0.3) is 0 Å². The predicted molar refractivity (Wildman–Crippen MR) is 106 cm³/mol. The summed E-state index contributed by atoms with van der Waals surface area (Å²) in [5.41, 5.74) is 2.80. The van der Waals surface area contributed by atoms with Crippen LogP contribution in [0, 0.1) is 13.8 Å². The van der Waals surface area contributed by atoms with Crippen molar-refractivity contribution in [2.24, 2.45) is 0 Å². The van der Waals surface area contributed by atoms with Crippen molar-refractivity contribution in [3.8, 4) is 0 Å². The number of aryl methyl sites for hydroxylation is 3. The first-order valence-corrected chi connectivity index (χ1v) is 10.7. The third-order valence-corrected chi connectivity index (χ3v) is 5.27. The summed E-state index contributed by atoms with van der Waals surface area (Å²) >= 11 is 0. The van der Waals surface area contributed by atoms with Crippen molar-refractivity contribution in [2.45, 2.75) is 117 Å². The second kappa shape index (κ2) is 16.9. The lowest BCUT2D eigenvalue weighted by molar-refractivity contribution is -0.697. The van der Waals surface area contributed by atoms with E-state index in [1.165, 1.54) is 108 Å². The zero-order valence-corrected chi connectivity index (χ0v) is 17.9. The second-order valence-corrected chi connectivity index (χ2v) is 7.64. The standard InChI is InChI=1S/C23H42N.ClH/c1-4-5-6-7-8-9-10-11-12-13-14-15-16-17-19-24-20-18-22(2)23(3)21-24;/h18,20-21H,4-17,19H2,1-3H3;1H/q+1;/p-1. The summed E-state index contributed by atoms with van der Waals surface area (Å²) in [6.07, 6.45) is 24.6. The molecule has 0 bridgehead atoms. The van der Waals surface area contributed by atoms with Crippen LogP contribution in [-0.2, 0) is 6.54 Å². The molecule has 0 radical (unpaired) electrons. The molecule has 0 fully saturated rings. The normalized spacial score (nSPS) is 10.7. The molecule has 0 saturated carbocycles. The van der Waals surface area contributed by atoms with E-state index in [0.717, 1.165) is 0 Å². The van der Waals surface area contributed by atoms with Crippen LogP contribution < -0.4 is 17.0 Å². The zero-order chi connectivity index (χ0) is 17.5. The minimum absolute atomic E-state index is 0. The van der Waals surface area contributed by atoms with E-state index in [0.29, 0.717) is 0 Å². The minimum Gasteiger partial charge on any atom is -1.00 e. The molecule has 0 spiro atoms. The molecule has 2 heteroatoms. The quantitative estimate of drug-likeness (QED) is 0.325. The summed E-state index contributed by atoms with van der Waals surface area (Å²) in [5.74, 6) is 0. The van der Waals surface area contributed by atoms with Crippen LogP contribution in [0.25, 0.3) is 0 Å². The Balaban J connectivity index is 0.00000576. The molecule has 0 amide bonds. The Morgan fingerprint density at radius 3 is 1.52 bits per heavy atom. The maximum absolute atomic E-state index is 2.35. The molecule has 1 aromatic rings. The average molecular weight is 368 g/mol. The van der Waals surface area contributed by atoms with Gasteiger partial charge >= 0.3 is 0 Å². The van der Waals surface area contributed by atoms with Crippen LogP contribution in [0.15, 0.2) is 18.5 Å². The minimum atomic E-state index is 0. The fourth-order valence-electron chi connectivity index (χ4n) is 3.36. The summed E-state index contributed by atoms with van der Waals surface area (Å²) in [7, 11) is 0. The Hall–Kier alpha value is -0.560. The van der Waals surface area contributed by atoms with Crippen LogP contribution in [0.2, 0.25) is 0 Å². The average Bonchev–Trinajstić information content (AvgIpc) is 2.58. The SMILES string of the molecule is CCCCCCCCCCCCCCCC[n+]1ccc(C)c(C)c1.[Cl-]. The largest absolute Gasteiger partial charge is 1.00 e. The molecule has 0 unspecified atom stereocenters. The Bertz CT molecular complexity index is 417. The van der Waals surface area contributed by atoms with Gasteiger partial charge < -0.3 is 12.4 Å². The third kappa shape index (κ3) is 13.3. The van der Waals surface area contributed by atoms with E-state index in [2.05, 4.69) is 43.8 Å². The highest BCUT2D eigenvalue weighted by Crippen LogP contribution is 2.13. The lowest BCUT2D eigenvalue weighted by Gasteiger charge is -2.03. The zero-order valence-electron chi connectivity index (χ0n) is 17.2. The highest BCUT2D eigenvalue weighted by molar-refractivity contribution is 5.16. The topological polar surface area (TPSA) is 3.88 Å². The molecule has 1 nitrogen and oxygen atoms in total. The van der Waals surface area contributed by atoms with Gasteiger partial charge in [-0.25, -0.2) is 4.57 Å². The molecular weight excluding hydrogens is 326 g/mol. The van der Waals surface area contributed by atoms with Crippen LogP contribution in [0.5, 0.6) is 0 Å². The summed E-state index contributed by atoms with van der Waals surface area (Å²) in [5, 5.41) is 0. The Morgan fingerprint density at radius 2 is 1.08 bits per heavy atom. The van der Waals surface area contributed by atoms with E-state index in [1.807, 2.05) is 0 Å². The van der Waals surface area contributed by atoms with Gasteiger partial charge in [-0.05, 0) is 25.8 Å². The van der Waals surface area contributed by atoms with E-state index in [9.17, 15) is 0 Å². The molecule has 0 aliphatic carbocycles. The van der Waals surface area contributed by atoms with E-state index >= 15 is 0 Å². The molecular formula is C23H42ClN. The van der Waals surface area contributed by atoms with Crippen molar-refractivity contribution in [1.29, 1.82) is 0 Å². The van der Waals surface area contributed by atoms with Gasteiger partial charge in [0, 0.05) is 18.1 Å². The highest BCUT2D eigenvalue weighted by Gasteiger charge is 2.02. The molecule has 1 rings (SSSR count). The van der Waals surface area contributed by atoms with Crippen LogP contribution in [0.1, 0.15) is 108 Å². The molecule has 0 aromatic carbocycles. The van der Waals surface area contributed by atoms with Crippen LogP contribution in [0.4, 0.5) is 0 Å². The Morgan fingerprint density at radius 1 is 0.640 bits per heavy atom. The molecule has 0 aliphatic heterocycles. The highest BCUT2D eigenvalue weighted by atomic mass is 35.5. The van der Waals surface area contributed by atoms with Gasteiger partial charge in [-0.2, -0.15) is 0 Å². The van der Waals surface area contributed by atoms with Gasteiger partial charge in [0.2, 0.25) is 0 Å². The van der Waals surface area contributed by atoms with Crippen molar-refractivity contribution >= 4 is 0 Å². The van der Waals surface area contributed by atoms with E-state index < -0.39 is 0 Å². The second-order valence-electron chi connectivity index (χ2n) is 7.64. The maximum Gasteiger partial charge on any atom is 0.171 e. The summed E-state index contributed by atoms with van der Waals surface area (Å²) in [6.45, 7) is 7.87. The van der Waals surface area contributed by atoms with Crippen LogP contribution in [0.3, 0.4) is 0 Å². The van der Waals surface area contributed by atoms with E-state index in [4.69, 9.17) is 0 Å². The summed E-state index contributed by atoms with van der Waals surface area (Å²) in [6, 6.07) is 2.24. The molecule has 146 valence electrons. The van der Waals surface area contributed by atoms with Crippen molar-refractivity contribution in [2.75, 3.05) is 0 Å². The lowest BCUT2D eigenvalue weighted by atomic mass is 10.0. The van der Waals surface area contributed by atoms with E-state index in [1.54, 1.807) is 0 Å². The molecule has 0 saturated heterocycles. The molecule has 1 aromatic heterocycles. The number of aromatic nitrogens is 1. The monoisotopic (exact) mass is 367 g/mol. The van der Waals surface area contributed by atoms with Crippen LogP contribution in [-0.4, -0.2) is 0 Å². The molecule has 0 atom stereocenters. The molecule has 25 heavy (non-hydrogen) atoms. The maximum atomic E-state index is 2.35. The first kappa shape index (κ1) is 24.4. The fraction of sp³-hybridized carbons (Fsp3) is 0.783. The van der Waals surface area contributed by atoms with Gasteiger partial charge in [0.05, 0.1) is 0 Å². The van der Waals surface area contributed by atoms with Gasteiger partial charge in [-0.3, -0.25) is 0 Å². The van der Waals surface area contributed by atoms with Crippen molar-refractivity contribution in [1.82, 2.24) is 0 Å². The number of unbranched alkanes of at least 4 members (excludes halogenated alkanes) is 13. The number of nitrogens with zero attached hydrogens (tertiary/aromatic N) is 1. The summed E-state index contributed by atoms with van der Waals surface area (Å²) < 4.78 is 2.35. The first-order valence-electron chi connectivity index (χ1n) is 10.7. The first-order chi connectivity index (χ1) is 11.7. The number of pyridine rings is 1. The van der Waals surface area contributed by atoms with Crippen LogP contribution >= 0.6 is 0 Å². The number of hydrogen-bond acceptors (Lipinski definition) is 0. The Kier molecular flexibility index (Phi) is 16.5. The Labute approximate surface area is 164 Å². The van der Waals surface area contributed by atoms with E-state index in [-0.39, 0.29) is 12.4 Å². The smallest absolute Gasteiger partial charge is 0.171 e.